The quantitative estimate of drug-likeness (QED) is 0.766. The maximum Gasteiger partial charge on any atom is 0.263 e. The molecule has 0 radical (unpaired) electrons. The Hall–Kier alpha value is -3.00. The zero-order chi connectivity index (χ0) is 17.0. The van der Waals surface area contributed by atoms with Gasteiger partial charge in [-0.15, -0.1) is 5.10 Å². The third-order valence-electron chi connectivity index (χ3n) is 3.05. The van der Waals surface area contributed by atoms with E-state index in [1.54, 1.807) is 42.5 Å². The summed E-state index contributed by atoms with van der Waals surface area (Å²) in [4.78, 5) is 3.91. The topological polar surface area (TPSA) is 94.1 Å². The predicted molar refractivity (Wildman–Crippen MR) is 88.3 cm³/mol. The van der Waals surface area contributed by atoms with Crippen molar-refractivity contribution in [1.29, 1.82) is 0 Å². The lowest BCUT2D eigenvalue weighted by Crippen LogP contribution is -2.12. The van der Waals surface area contributed by atoms with Crippen LogP contribution in [0.4, 0.5) is 5.69 Å². The lowest BCUT2D eigenvalue weighted by molar-refractivity contribution is 0.454. The first-order valence-corrected chi connectivity index (χ1v) is 8.52. The van der Waals surface area contributed by atoms with E-state index in [0.29, 0.717) is 17.3 Å². The second kappa shape index (κ2) is 6.63. The molecule has 0 spiro atoms. The molecule has 1 N–H and O–H groups in total. The van der Waals surface area contributed by atoms with Crippen LogP contribution in [0.2, 0.25) is 0 Å². The average Bonchev–Trinajstić information content (AvgIpc) is 2.59. The van der Waals surface area contributed by atoms with Gasteiger partial charge in [0.15, 0.2) is 0 Å². The van der Waals surface area contributed by atoms with Gasteiger partial charge in [0, 0.05) is 24.1 Å². The first-order valence-electron chi connectivity index (χ1n) is 7.04. The molecular formula is C16H14N4O3S. The van der Waals surface area contributed by atoms with Crippen LogP contribution in [0.25, 0.3) is 0 Å². The molecule has 7 nitrogen and oxygen atoms in total. The molecule has 0 atom stereocenters. The highest BCUT2D eigenvalue weighted by molar-refractivity contribution is 7.92. The minimum Gasteiger partial charge on any atom is -0.438 e. The Morgan fingerprint density at radius 1 is 1.00 bits per heavy atom. The van der Waals surface area contributed by atoms with Gasteiger partial charge in [-0.3, -0.25) is 9.71 Å². The number of anilines is 1. The molecule has 0 aliphatic carbocycles. The zero-order valence-corrected chi connectivity index (χ0v) is 13.6. The van der Waals surface area contributed by atoms with Crippen molar-refractivity contribution in [2.75, 3.05) is 4.72 Å². The molecule has 0 aliphatic heterocycles. The van der Waals surface area contributed by atoms with E-state index in [1.807, 2.05) is 6.92 Å². The Bertz CT molecular complexity index is 912. The molecule has 0 amide bonds. The van der Waals surface area contributed by atoms with Crippen LogP contribution in [0.15, 0.2) is 65.8 Å². The van der Waals surface area contributed by atoms with E-state index in [9.17, 15) is 8.42 Å². The van der Waals surface area contributed by atoms with E-state index in [1.165, 1.54) is 18.5 Å². The van der Waals surface area contributed by atoms with Gasteiger partial charge in [-0.2, -0.15) is 5.10 Å². The van der Waals surface area contributed by atoms with Crippen molar-refractivity contribution in [2.45, 2.75) is 11.8 Å². The van der Waals surface area contributed by atoms with Crippen LogP contribution in [0.3, 0.4) is 0 Å². The number of benzene rings is 1. The summed E-state index contributed by atoms with van der Waals surface area (Å²) in [5.41, 5.74) is 1.21. The van der Waals surface area contributed by atoms with Crippen LogP contribution in [0.1, 0.15) is 5.69 Å². The lowest BCUT2D eigenvalue weighted by atomic mass is 10.3. The second-order valence-electron chi connectivity index (χ2n) is 4.93. The van der Waals surface area contributed by atoms with Gasteiger partial charge in [0.25, 0.3) is 10.0 Å². The summed E-state index contributed by atoms with van der Waals surface area (Å²) >= 11 is 0. The summed E-state index contributed by atoms with van der Waals surface area (Å²) in [5.74, 6) is 0.891. The van der Waals surface area contributed by atoms with Crippen molar-refractivity contribution in [3.05, 3.63) is 66.6 Å². The standard InChI is InChI=1S/C16H14N4O3S/c1-12-4-9-16(19-18-12)23-14-7-5-13(6-8-14)20-24(21,22)15-3-2-10-17-11-15/h2-11,20H,1H3. The number of rotatable bonds is 5. The Morgan fingerprint density at radius 3 is 2.42 bits per heavy atom. The van der Waals surface area contributed by atoms with E-state index >= 15 is 0 Å². The molecule has 24 heavy (non-hydrogen) atoms. The molecule has 8 heteroatoms. The normalized spacial score (nSPS) is 11.0. The molecule has 0 bridgehead atoms. The first kappa shape index (κ1) is 15.9. The number of aromatic nitrogens is 3. The third-order valence-corrected chi connectivity index (χ3v) is 4.41. The van der Waals surface area contributed by atoms with Crippen LogP contribution < -0.4 is 9.46 Å². The SMILES string of the molecule is Cc1ccc(Oc2ccc(NS(=O)(=O)c3cccnc3)cc2)nn1. The van der Waals surface area contributed by atoms with E-state index < -0.39 is 10.0 Å². The molecule has 0 saturated carbocycles. The Morgan fingerprint density at radius 2 is 1.79 bits per heavy atom. The molecule has 0 saturated heterocycles. The lowest BCUT2D eigenvalue weighted by Gasteiger charge is -2.09. The number of nitrogens with one attached hydrogen (secondary N) is 1. The van der Waals surface area contributed by atoms with Crippen molar-refractivity contribution in [1.82, 2.24) is 15.2 Å². The van der Waals surface area contributed by atoms with Crippen LogP contribution >= 0.6 is 0 Å². The van der Waals surface area contributed by atoms with Crippen molar-refractivity contribution in [3.63, 3.8) is 0 Å². The maximum absolute atomic E-state index is 12.2. The van der Waals surface area contributed by atoms with E-state index in [2.05, 4.69) is 19.9 Å². The number of sulfonamides is 1. The van der Waals surface area contributed by atoms with Crippen molar-refractivity contribution >= 4 is 15.7 Å². The van der Waals surface area contributed by atoms with Crippen LogP contribution in [-0.4, -0.2) is 23.6 Å². The van der Waals surface area contributed by atoms with Gasteiger partial charge < -0.3 is 4.74 Å². The highest BCUT2D eigenvalue weighted by Crippen LogP contribution is 2.22. The number of hydrogen-bond acceptors (Lipinski definition) is 6. The van der Waals surface area contributed by atoms with E-state index in [0.717, 1.165) is 5.69 Å². The minimum absolute atomic E-state index is 0.0975. The Balaban J connectivity index is 1.72. The average molecular weight is 342 g/mol. The first-order chi connectivity index (χ1) is 11.5. The highest BCUT2D eigenvalue weighted by atomic mass is 32.2. The fourth-order valence-corrected chi connectivity index (χ4v) is 2.89. The van der Waals surface area contributed by atoms with Crippen molar-refractivity contribution < 1.29 is 13.2 Å². The van der Waals surface area contributed by atoms with Gasteiger partial charge in [0.2, 0.25) is 5.88 Å². The van der Waals surface area contributed by atoms with Crippen LogP contribution in [0, 0.1) is 6.92 Å². The fraction of sp³-hybridized carbons (Fsp3) is 0.0625. The van der Waals surface area contributed by atoms with Gasteiger partial charge in [-0.05, 0) is 49.4 Å². The Labute approximate surface area is 139 Å². The van der Waals surface area contributed by atoms with Gasteiger partial charge >= 0.3 is 0 Å². The molecule has 3 aromatic rings. The van der Waals surface area contributed by atoms with Gasteiger partial charge in [0.05, 0.1) is 5.69 Å². The van der Waals surface area contributed by atoms with Crippen molar-refractivity contribution in [3.8, 4) is 11.6 Å². The summed E-state index contributed by atoms with van der Waals surface area (Å²) in [6.45, 7) is 1.83. The summed E-state index contributed by atoms with van der Waals surface area (Å²) in [6.07, 6.45) is 2.80. The molecule has 1 aromatic carbocycles. The number of hydrogen-bond donors (Lipinski definition) is 1. The minimum atomic E-state index is -3.67. The molecule has 122 valence electrons. The number of pyridine rings is 1. The molecule has 0 fully saturated rings. The van der Waals surface area contributed by atoms with E-state index in [4.69, 9.17) is 4.74 Å². The summed E-state index contributed by atoms with van der Waals surface area (Å²) < 4.78 is 32.4. The van der Waals surface area contributed by atoms with Gasteiger partial charge in [0.1, 0.15) is 10.6 Å². The molecule has 2 heterocycles. The van der Waals surface area contributed by atoms with Crippen molar-refractivity contribution in [2.24, 2.45) is 0 Å². The Kier molecular flexibility index (Phi) is 4.39. The molecule has 2 aromatic heterocycles. The molecular weight excluding hydrogens is 328 g/mol. The number of ether oxygens (including phenoxy) is 1. The summed E-state index contributed by atoms with van der Waals surface area (Å²) in [7, 11) is -3.67. The third kappa shape index (κ3) is 3.85. The number of nitrogens with zero attached hydrogens (tertiary/aromatic N) is 3. The zero-order valence-electron chi connectivity index (χ0n) is 12.7. The van der Waals surface area contributed by atoms with Crippen LogP contribution in [0.5, 0.6) is 11.6 Å². The monoisotopic (exact) mass is 342 g/mol. The predicted octanol–water partition coefficient (Wildman–Crippen LogP) is 2.77. The highest BCUT2D eigenvalue weighted by Gasteiger charge is 2.13. The molecule has 0 unspecified atom stereocenters. The smallest absolute Gasteiger partial charge is 0.263 e. The molecule has 3 rings (SSSR count). The number of aryl methyl sites for hydroxylation is 1. The van der Waals surface area contributed by atoms with E-state index in [-0.39, 0.29) is 4.90 Å². The largest absolute Gasteiger partial charge is 0.438 e. The maximum atomic E-state index is 12.2. The molecule has 0 aliphatic rings. The van der Waals surface area contributed by atoms with Gasteiger partial charge in [-0.1, -0.05) is 0 Å². The van der Waals surface area contributed by atoms with Crippen LogP contribution in [-0.2, 0) is 10.0 Å². The summed E-state index contributed by atoms with van der Waals surface area (Å²) in [5, 5.41) is 7.81. The van der Waals surface area contributed by atoms with Gasteiger partial charge in [-0.25, -0.2) is 8.42 Å². The second-order valence-corrected chi connectivity index (χ2v) is 6.62. The fourth-order valence-electron chi connectivity index (χ4n) is 1.87. The summed E-state index contributed by atoms with van der Waals surface area (Å²) in [6, 6.07) is 13.0.